The van der Waals surface area contributed by atoms with E-state index in [4.69, 9.17) is 33.7 Å². The van der Waals surface area contributed by atoms with E-state index in [1.165, 1.54) is 0 Å². The van der Waals surface area contributed by atoms with Gasteiger partial charge in [-0.05, 0) is 44.3 Å². The number of hydrogen-bond donors (Lipinski definition) is 3. The van der Waals surface area contributed by atoms with Gasteiger partial charge in [0, 0.05) is 10.0 Å². The lowest BCUT2D eigenvalue weighted by Gasteiger charge is -2.08. The zero-order valence-corrected chi connectivity index (χ0v) is 14.7. The van der Waals surface area contributed by atoms with Crippen molar-refractivity contribution in [2.24, 2.45) is 15.9 Å². The average Bonchev–Trinajstić information content (AvgIpc) is 2.44. The van der Waals surface area contributed by atoms with Gasteiger partial charge in [-0.15, -0.1) is 0 Å². The third kappa shape index (κ3) is 6.81. The second-order valence-corrected chi connectivity index (χ2v) is 5.44. The van der Waals surface area contributed by atoms with Crippen molar-refractivity contribution in [1.82, 2.24) is 5.43 Å². The van der Waals surface area contributed by atoms with Crippen LogP contribution in [0.1, 0.15) is 13.8 Å². The minimum atomic E-state index is -0.654. The largest absolute Gasteiger partial charge is 0.461 e. The summed E-state index contributed by atoms with van der Waals surface area (Å²) in [5, 5.41) is 8.65. The predicted molar refractivity (Wildman–Crippen MR) is 97.2 cm³/mol. The Bertz CT molecular complexity index is 644. The van der Waals surface area contributed by atoms with Gasteiger partial charge in [0.2, 0.25) is 0 Å². The molecule has 4 N–H and O–H groups in total. The number of nitrogens with one attached hydrogen (secondary N) is 2. The van der Waals surface area contributed by atoms with Crippen LogP contribution < -0.4 is 16.6 Å². The Labute approximate surface area is 148 Å². The number of thiocarbonyl (C=S) groups is 1. The summed E-state index contributed by atoms with van der Waals surface area (Å²) in [6.45, 7) is 3.42. The van der Waals surface area contributed by atoms with Crippen molar-refractivity contribution in [2.75, 3.05) is 12.0 Å². The molecule has 0 heterocycles. The highest BCUT2D eigenvalue weighted by atomic mass is 35.5. The van der Waals surface area contributed by atoms with E-state index in [-0.39, 0.29) is 23.1 Å². The molecular formula is C13H15Cl2N5O2S. The summed E-state index contributed by atoms with van der Waals surface area (Å²) in [6, 6.07) is 4.77. The van der Waals surface area contributed by atoms with Crippen molar-refractivity contribution in [2.45, 2.75) is 13.8 Å². The maximum Gasteiger partial charge on any atom is 0.360 e. The molecule has 1 aromatic carbocycles. The molecule has 124 valence electrons. The molecule has 1 rings (SSSR count). The van der Waals surface area contributed by atoms with Gasteiger partial charge in [0.15, 0.2) is 10.8 Å². The molecule has 7 nitrogen and oxygen atoms in total. The third-order valence-corrected chi connectivity index (χ3v) is 2.83. The van der Waals surface area contributed by atoms with Crippen LogP contribution in [0.25, 0.3) is 0 Å². The van der Waals surface area contributed by atoms with Gasteiger partial charge < -0.3 is 10.5 Å². The average molecular weight is 376 g/mol. The van der Waals surface area contributed by atoms with E-state index in [9.17, 15) is 4.79 Å². The van der Waals surface area contributed by atoms with E-state index in [1.54, 1.807) is 32.0 Å². The van der Waals surface area contributed by atoms with Crippen LogP contribution in [0.2, 0.25) is 10.0 Å². The van der Waals surface area contributed by atoms with Crippen molar-refractivity contribution >= 4 is 63.6 Å². The van der Waals surface area contributed by atoms with Gasteiger partial charge >= 0.3 is 5.97 Å². The van der Waals surface area contributed by atoms with Crippen LogP contribution >= 0.6 is 35.4 Å². The van der Waals surface area contributed by atoms with Gasteiger partial charge in [0.25, 0.3) is 0 Å². The summed E-state index contributed by atoms with van der Waals surface area (Å²) in [7, 11) is 0. The van der Waals surface area contributed by atoms with Crippen LogP contribution in [-0.4, -0.2) is 29.1 Å². The molecule has 1 aromatic rings. The normalized spacial score (nSPS) is 11.8. The summed E-state index contributed by atoms with van der Waals surface area (Å²) in [5.41, 5.74) is 11.0. The fraction of sp³-hybridized carbons (Fsp3) is 0.231. The Balaban J connectivity index is 3.05. The number of hydrazone groups is 2. The fourth-order valence-electron chi connectivity index (χ4n) is 1.40. The Morgan fingerprint density at radius 3 is 2.43 bits per heavy atom. The monoisotopic (exact) mass is 375 g/mol. The summed E-state index contributed by atoms with van der Waals surface area (Å²) in [4.78, 5) is 12.0. The highest BCUT2D eigenvalue weighted by Crippen LogP contribution is 2.22. The van der Waals surface area contributed by atoms with E-state index >= 15 is 0 Å². The molecule has 0 spiro atoms. The maximum absolute atomic E-state index is 12.0. The second-order valence-electron chi connectivity index (χ2n) is 4.12. The molecule has 0 aromatic heterocycles. The molecule has 0 bridgehead atoms. The van der Waals surface area contributed by atoms with Crippen molar-refractivity contribution in [1.29, 1.82) is 0 Å². The maximum atomic E-state index is 12.0. The number of nitrogens with two attached hydrogens (primary N) is 1. The quantitative estimate of drug-likeness (QED) is 0.305. The molecule has 0 fully saturated rings. The number of anilines is 1. The molecule has 0 saturated heterocycles. The van der Waals surface area contributed by atoms with Crippen LogP contribution in [0, 0.1) is 0 Å². The van der Waals surface area contributed by atoms with Crippen LogP contribution in [0.4, 0.5) is 5.69 Å². The third-order valence-electron chi connectivity index (χ3n) is 2.30. The first kappa shape index (κ1) is 19.1. The lowest BCUT2D eigenvalue weighted by Crippen LogP contribution is -2.30. The molecule has 0 aliphatic rings. The van der Waals surface area contributed by atoms with Gasteiger partial charge in [-0.1, -0.05) is 23.2 Å². The number of ether oxygens (including phenoxy) is 1. The zero-order chi connectivity index (χ0) is 17.4. The van der Waals surface area contributed by atoms with Crippen LogP contribution in [-0.2, 0) is 9.53 Å². The van der Waals surface area contributed by atoms with Gasteiger partial charge in [0.1, 0.15) is 0 Å². The standard InChI is InChI=1S/C13H15Cl2N5O2S/c1-3-22-12(21)11(7(2)17-20-13(16)23)19-18-10-5-8(14)4-9(15)6-10/h4-6,18H,3H2,1-2H3,(H3,16,20,23)/b17-7-,19-11-. The van der Waals surface area contributed by atoms with Crippen LogP contribution in [0.15, 0.2) is 28.4 Å². The Morgan fingerprint density at radius 2 is 1.91 bits per heavy atom. The van der Waals surface area contributed by atoms with E-state index in [1.807, 2.05) is 0 Å². The fourth-order valence-corrected chi connectivity index (χ4v) is 1.98. The molecule has 0 aliphatic heterocycles. The first-order valence-electron chi connectivity index (χ1n) is 6.40. The molecule has 0 amide bonds. The van der Waals surface area contributed by atoms with Crippen molar-refractivity contribution in [3.63, 3.8) is 0 Å². The van der Waals surface area contributed by atoms with E-state index < -0.39 is 5.97 Å². The lowest BCUT2D eigenvalue weighted by atomic mass is 10.2. The first-order chi connectivity index (χ1) is 10.8. The van der Waals surface area contributed by atoms with Crippen LogP contribution in [0.3, 0.4) is 0 Å². The number of rotatable bonds is 6. The topological polar surface area (TPSA) is 101 Å². The highest BCUT2D eigenvalue weighted by molar-refractivity contribution is 7.80. The molecule has 23 heavy (non-hydrogen) atoms. The van der Waals surface area contributed by atoms with Crippen molar-refractivity contribution in [3.8, 4) is 0 Å². The summed E-state index contributed by atoms with van der Waals surface area (Å²) < 4.78 is 4.93. The zero-order valence-electron chi connectivity index (χ0n) is 12.4. The number of hydrogen-bond acceptors (Lipinski definition) is 6. The van der Waals surface area contributed by atoms with E-state index in [0.717, 1.165) is 0 Å². The van der Waals surface area contributed by atoms with Gasteiger partial charge in [-0.2, -0.15) is 10.2 Å². The molecule has 10 heteroatoms. The predicted octanol–water partition coefficient (Wildman–Crippen LogP) is 2.53. The van der Waals surface area contributed by atoms with Crippen molar-refractivity contribution in [3.05, 3.63) is 28.2 Å². The summed E-state index contributed by atoms with van der Waals surface area (Å²) in [5.74, 6) is -0.654. The lowest BCUT2D eigenvalue weighted by molar-refractivity contribution is -0.134. The SMILES string of the molecule is CCOC(=O)C(=N\Nc1cc(Cl)cc(Cl)c1)/C(C)=N\NC(N)=S. The highest BCUT2D eigenvalue weighted by Gasteiger charge is 2.17. The number of benzene rings is 1. The van der Waals surface area contributed by atoms with Crippen molar-refractivity contribution < 1.29 is 9.53 Å². The number of carbonyl (C=O) groups excluding carboxylic acids is 1. The molecule has 0 radical (unpaired) electrons. The molecule has 0 aliphatic carbocycles. The Morgan fingerprint density at radius 1 is 1.30 bits per heavy atom. The summed E-state index contributed by atoms with van der Waals surface area (Å²) in [6.07, 6.45) is 0. The minimum absolute atomic E-state index is 0.0397. The molecular weight excluding hydrogens is 361 g/mol. The number of carbonyl (C=O) groups is 1. The van der Waals surface area contributed by atoms with Crippen LogP contribution in [0.5, 0.6) is 0 Å². The van der Waals surface area contributed by atoms with Gasteiger partial charge in [-0.3, -0.25) is 10.9 Å². The molecule has 0 atom stereocenters. The van der Waals surface area contributed by atoms with Gasteiger partial charge in [0.05, 0.1) is 18.0 Å². The summed E-state index contributed by atoms with van der Waals surface area (Å²) >= 11 is 16.4. The smallest absolute Gasteiger partial charge is 0.360 e. The Hall–Kier alpha value is -1.90. The van der Waals surface area contributed by atoms with E-state index in [2.05, 4.69) is 33.3 Å². The number of esters is 1. The minimum Gasteiger partial charge on any atom is -0.461 e. The van der Waals surface area contributed by atoms with E-state index in [0.29, 0.717) is 15.7 Å². The number of nitrogens with zero attached hydrogens (tertiary/aromatic N) is 2. The van der Waals surface area contributed by atoms with Gasteiger partial charge in [-0.25, -0.2) is 4.79 Å². The Kier molecular flexibility index (Phi) is 7.73. The second kappa shape index (κ2) is 9.29. The first-order valence-corrected chi connectivity index (χ1v) is 7.57. The molecule has 0 unspecified atom stereocenters. The number of halogens is 2. The molecule has 0 saturated carbocycles.